The molecule has 0 saturated carbocycles. The molecule has 0 saturated heterocycles. The van der Waals surface area contributed by atoms with Gasteiger partial charge in [0.15, 0.2) is 6.61 Å². The third kappa shape index (κ3) is 5.10. The van der Waals surface area contributed by atoms with E-state index in [1.54, 1.807) is 24.3 Å². The first-order valence-electron chi connectivity index (χ1n) is 8.69. The van der Waals surface area contributed by atoms with Gasteiger partial charge in [-0.05, 0) is 38.1 Å². The summed E-state index contributed by atoms with van der Waals surface area (Å²) in [6.45, 7) is 4.11. The largest absolute Gasteiger partial charge is 0.491 e. The second-order valence-corrected chi connectivity index (χ2v) is 6.29. The fourth-order valence-electron chi connectivity index (χ4n) is 2.54. The van der Waals surface area contributed by atoms with Crippen LogP contribution in [-0.4, -0.2) is 18.6 Å². The molecule has 0 atom stereocenters. The monoisotopic (exact) mass is 367 g/mol. The number of amides is 1. The fourth-order valence-corrected chi connectivity index (χ4v) is 2.54. The van der Waals surface area contributed by atoms with Crippen molar-refractivity contribution in [1.82, 2.24) is 5.32 Å². The Labute approximate surface area is 156 Å². The highest BCUT2D eigenvalue weighted by Crippen LogP contribution is 2.20. The van der Waals surface area contributed by atoms with Crippen molar-refractivity contribution in [3.8, 4) is 11.5 Å². The molecule has 6 nitrogen and oxygen atoms in total. The second kappa shape index (κ2) is 8.40. The van der Waals surface area contributed by atoms with E-state index in [-0.39, 0.29) is 18.6 Å². The molecule has 3 rings (SSSR count). The normalized spacial score (nSPS) is 10.8. The van der Waals surface area contributed by atoms with Crippen LogP contribution in [0.3, 0.4) is 0 Å². The average Bonchev–Trinajstić information content (AvgIpc) is 2.65. The molecule has 0 unspecified atom stereocenters. The lowest BCUT2D eigenvalue weighted by atomic mass is 10.2. The van der Waals surface area contributed by atoms with Crippen LogP contribution >= 0.6 is 0 Å². The minimum Gasteiger partial charge on any atom is -0.491 e. The predicted molar refractivity (Wildman–Crippen MR) is 102 cm³/mol. The van der Waals surface area contributed by atoms with E-state index in [0.717, 1.165) is 16.7 Å². The summed E-state index contributed by atoms with van der Waals surface area (Å²) < 4.78 is 16.3. The van der Waals surface area contributed by atoms with Crippen molar-refractivity contribution in [3.05, 3.63) is 70.6 Å². The maximum Gasteiger partial charge on any atom is 0.336 e. The Kier molecular flexibility index (Phi) is 5.76. The van der Waals surface area contributed by atoms with E-state index >= 15 is 0 Å². The zero-order valence-corrected chi connectivity index (χ0v) is 15.2. The van der Waals surface area contributed by atoms with E-state index in [9.17, 15) is 9.59 Å². The third-order valence-corrected chi connectivity index (χ3v) is 3.78. The molecule has 0 bridgehead atoms. The number of para-hydroxylation sites is 1. The number of ether oxygens (including phenoxy) is 2. The van der Waals surface area contributed by atoms with Crippen molar-refractivity contribution >= 4 is 16.9 Å². The van der Waals surface area contributed by atoms with Crippen LogP contribution in [0.5, 0.6) is 11.5 Å². The Morgan fingerprint density at radius 3 is 2.70 bits per heavy atom. The minimum absolute atomic E-state index is 0.0538. The highest BCUT2D eigenvalue weighted by Gasteiger charge is 2.08. The van der Waals surface area contributed by atoms with Crippen molar-refractivity contribution in [2.45, 2.75) is 26.5 Å². The molecule has 1 heterocycles. The van der Waals surface area contributed by atoms with Crippen LogP contribution in [0.25, 0.3) is 11.0 Å². The van der Waals surface area contributed by atoms with E-state index in [0.29, 0.717) is 17.9 Å². The molecule has 0 aliphatic heterocycles. The smallest absolute Gasteiger partial charge is 0.336 e. The number of benzene rings is 2. The summed E-state index contributed by atoms with van der Waals surface area (Å²) in [5.41, 5.74) is 0.881. The molecular formula is C21H21NO5. The number of carbonyl (C=O) groups excluding carboxylic acids is 1. The number of nitrogens with one attached hydrogen (secondary N) is 1. The number of carbonyl (C=O) groups is 1. The summed E-state index contributed by atoms with van der Waals surface area (Å²) in [6.07, 6.45) is 0.0538. The molecule has 0 spiro atoms. The van der Waals surface area contributed by atoms with E-state index in [1.807, 2.05) is 38.1 Å². The Hall–Kier alpha value is -3.28. The summed E-state index contributed by atoms with van der Waals surface area (Å²) in [5.74, 6) is 0.942. The van der Waals surface area contributed by atoms with Crippen molar-refractivity contribution < 1.29 is 18.7 Å². The molecule has 140 valence electrons. The highest BCUT2D eigenvalue weighted by atomic mass is 16.5. The molecule has 6 heteroatoms. The summed E-state index contributed by atoms with van der Waals surface area (Å²) in [7, 11) is 0. The summed E-state index contributed by atoms with van der Waals surface area (Å²) in [6, 6.07) is 15.7. The predicted octanol–water partition coefficient (Wildman–Crippen LogP) is 3.28. The highest BCUT2D eigenvalue weighted by molar-refractivity contribution is 5.79. The number of hydrogen-bond acceptors (Lipinski definition) is 5. The quantitative estimate of drug-likeness (QED) is 0.649. The van der Waals surface area contributed by atoms with Gasteiger partial charge in [-0.15, -0.1) is 0 Å². The fraction of sp³-hybridized carbons (Fsp3) is 0.238. The van der Waals surface area contributed by atoms with Gasteiger partial charge in [0.05, 0.1) is 6.10 Å². The van der Waals surface area contributed by atoms with Crippen molar-refractivity contribution in [2.75, 3.05) is 6.61 Å². The van der Waals surface area contributed by atoms with Crippen LogP contribution in [0, 0.1) is 0 Å². The van der Waals surface area contributed by atoms with Crippen LogP contribution in [0.15, 0.2) is 63.8 Å². The van der Waals surface area contributed by atoms with Gasteiger partial charge < -0.3 is 19.2 Å². The van der Waals surface area contributed by atoms with Crippen LogP contribution in [0.2, 0.25) is 0 Å². The Bertz CT molecular complexity index is 993. The Morgan fingerprint density at radius 2 is 1.89 bits per heavy atom. The zero-order chi connectivity index (χ0) is 19.2. The minimum atomic E-state index is -0.431. The summed E-state index contributed by atoms with van der Waals surface area (Å²) >= 11 is 0. The number of hydrogen-bond donors (Lipinski definition) is 1. The molecule has 1 aromatic heterocycles. The van der Waals surface area contributed by atoms with E-state index in [4.69, 9.17) is 13.9 Å². The van der Waals surface area contributed by atoms with E-state index in [2.05, 4.69) is 5.32 Å². The van der Waals surface area contributed by atoms with Crippen LogP contribution < -0.4 is 20.4 Å². The standard InChI is InChI=1S/C21H21NO5/c1-14(2)26-18-6-4-3-5-16(18)12-22-20(23)13-25-17-9-7-15-8-10-21(24)27-19(15)11-17/h3-11,14H,12-13H2,1-2H3,(H,22,23). The first-order chi connectivity index (χ1) is 13.0. The first-order valence-corrected chi connectivity index (χ1v) is 8.69. The molecule has 27 heavy (non-hydrogen) atoms. The molecule has 0 fully saturated rings. The molecule has 2 aromatic carbocycles. The van der Waals surface area contributed by atoms with Gasteiger partial charge in [-0.25, -0.2) is 4.79 Å². The van der Waals surface area contributed by atoms with Crippen molar-refractivity contribution in [3.63, 3.8) is 0 Å². The van der Waals surface area contributed by atoms with Gasteiger partial charge in [0.25, 0.3) is 5.91 Å². The topological polar surface area (TPSA) is 77.8 Å². The first kappa shape index (κ1) is 18.5. The Balaban J connectivity index is 1.57. The second-order valence-electron chi connectivity index (χ2n) is 6.29. The SMILES string of the molecule is CC(C)Oc1ccccc1CNC(=O)COc1ccc2ccc(=O)oc2c1. The van der Waals surface area contributed by atoms with E-state index < -0.39 is 5.63 Å². The number of rotatable bonds is 7. The molecule has 3 aromatic rings. The lowest BCUT2D eigenvalue weighted by Gasteiger charge is -2.14. The zero-order valence-electron chi connectivity index (χ0n) is 15.2. The average molecular weight is 367 g/mol. The van der Waals surface area contributed by atoms with Crippen molar-refractivity contribution in [1.29, 1.82) is 0 Å². The molecule has 1 amide bonds. The van der Waals surface area contributed by atoms with Crippen LogP contribution in [0.4, 0.5) is 0 Å². The lowest BCUT2D eigenvalue weighted by Crippen LogP contribution is -2.28. The van der Waals surface area contributed by atoms with Crippen LogP contribution in [-0.2, 0) is 11.3 Å². The number of fused-ring (bicyclic) bond motifs is 1. The van der Waals surface area contributed by atoms with Gasteiger partial charge in [0.1, 0.15) is 17.1 Å². The summed E-state index contributed by atoms with van der Waals surface area (Å²) in [4.78, 5) is 23.4. The van der Waals surface area contributed by atoms with Crippen molar-refractivity contribution in [2.24, 2.45) is 0 Å². The molecule has 0 aliphatic carbocycles. The van der Waals surface area contributed by atoms with Gasteiger partial charge in [-0.2, -0.15) is 0 Å². The maximum absolute atomic E-state index is 12.1. The van der Waals surface area contributed by atoms with E-state index in [1.165, 1.54) is 6.07 Å². The summed E-state index contributed by atoms with van der Waals surface area (Å²) in [5, 5.41) is 3.60. The molecule has 0 radical (unpaired) electrons. The lowest BCUT2D eigenvalue weighted by molar-refractivity contribution is -0.123. The Morgan fingerprint density at radius 1 is 1.11 bits per heavy atom. The molecular weight excluding hydrogens is 346 g/mol. The maximum atomic E-state index is 12.1. The van der Waals surface area contributed by atoms with Gasteiger partial charge in [0, 0.05) is 29.6 Å². The molecule has 1 N–H and O–H groups in total. The van der Waals surface area contributed by atoms with Gasteiger partial charge in [-0.3, -0.25) is 4.79 Å². The van der Waals surface area contributed by atoms with Crippen LogP contribution in [0.1, 0.15) is 19.4 Å². The van der Waals surface area contributed by atoms with Gasteiger partial charge in [0.2, 0.25) is 0 Å². The van der Waals surface area contributed by atoms with Gasteiger partial charge >= 0.3 is 5.63 Å². The molecule has 0 aliphatic rings. The third-order valence-electron chi connectivity index (χ3n) is 3.78. The van der Waals surface area contributed by atoms with Gasteiger partial charge in [-0.1, -0.05) is 18.2 Å².